The van der Waals surface area contributed by atoms with Crippen LogP contribution in [-0.4, -0.2) is 17.2 Å². The van der Waals surface area contributed by atoms with Crippen molar-refractivity contribution >= 4 is 12.6 Å². The van der Waals surface area contributed by atoms with Crippen molar-refractivity contribution in [2.24, 2.45) is 0 Å². The zero-order valence-electron chi connectivity index (χ0n) is 8.19. The fourth-order valence-corrected chi connectivity index (χ4v) is 1.45. The van der Waals surface area contributed by atoms with Gasteiger partial charge in [-0.25, -0.2) is 0 Å². The van der Waals surface area contributed by atoms with Gasteiger partial charge in [-0.2, -0.15) is 0 Å². The number of hydrogen-bond acceptors (Lipinski definition) is 2. The molecule has 0 aromatic heterocycles. The van der Waals surface area contributed by atoms with E-state index in [1.807, 2.05) is 24.3 Å². The second-order valence-corrected chi connectivity index (χ2v) is 3.25. The summed E-state index contributed by atoms with van der Waals surface area (Å²) in [5, 5.41) is 18.2. The summed E-state index contributed by atoms with van der Waals surface area (Å²) in [5.74, 6) is 0. The highest BCUT2D eigenvalue weighted by Gasteiger charge is 2.14. The zero-order valence-corrected chi connectivity index (χ0v) is 8.19. The van der Waals surface area contributed by atoms with Gasteiger partial charge in [0.05, 0.1) is 0 Å². The lowest BCUT2D eigenvalue weighted by molar-refractivity contribution is 0.425. The molecule has 0 aliphatic rings. The van der Waals surface area contributed by atoms with Crippen LogP contribution in [-0.2, 0) is 6.42 Å². The summed E-state index contributed by atoms with van der Waals surface area (Å²) in [7, 11) is -1.37. The van der Waals surface area contributed by atoms with E-state index >= 15 is 0 Å². The Hall–Kier alpha value is -1.06. The lowest BCUT2D eigenvalue weighted by atomic mass is 9.76. The van der Waals surface area contributed by atoms with Gasteiger partial charge in [0.2, 0.25) is 0 Å². The van der Waals surface area contributed by atoms with E-state index in [1.54, 1.807) is 6.07 Å². The van der Waals surface area contributed by atoms with Gasteiger partial charge in [-0.15, -0.1) is 6.58 Å². The Labute approximate surface area is 85.0 Å². The van der Waals surface area contributed by atoms with E-state index < -0.39 is 7.12 Å². The molecule has 0 heterocycles. The summed E-state index contributed by atoms with van der Waals surface area (Å²) in [6.45, 7) is 3.65. The number of unbranched alkanes of at least 4 members (excludes halogenated alkanes) is 1. The molecule has 0 fully saturated rings. The van der Waals surface area contributed by atoms with Gasteiger partial charge in [-0.1, -0.05) is 30.3 Å². The fourth-order valence-electron chi connectivity index (χ4n) is 1.45. The second kappa shape index (κ2) is 5.63. The molecule has 14 heavy (non-hydrogen) atoms. The molecule has 1 aromatic carbocycles. The lowest BCUT2D eigenvalue weighted by Gasteiger charge is -2.07. The van der Waals surface area contributed by atoms with Gasteiger partial charge in [0.15, 0.2) is 0 Å². The predicted octanol–water partition coefficient (Wildman–Crippen LogP) is 0.875. The summed E-state index contributed by atoms with van der Waals surface area (Å²) in [5.41, 5.74) is 1.61. The number of allylic oxidation sites excluding steroid dienone is 1. The van der Waals surface area contributed by atoms with Crippen LogP contribution < -0.4 is 5.46 Å². The molecular weight excluding hydrogens is 175 g/mol. The zero-order chi connectivity index (χ0) is 10.4. The Morgan fingerprint density at radius 3 is 2.64 bits per heavy atom. The van der Waals surface area contributed by atoms with E-state index in [1.165, 1.54) is 0 Å². The van der Waals surface area contributed by atoms with Crippen molar-refractivity contribution in [2.75, 3.05) is 0 Å². The normalized spacial score (nSPS) is 9.86. The van der Waals surface area contributed by atoms with Crippen molar-refractivity contribution in [1.29, 1.82) is 0 Å². The third-order valence-corrected chi connectivity index (χ3v) is 2.19. The third-order valence-electron chi connectivity index (χ3n) is 2.19. The van der Waals surface area contributed by atoms with Crippen LogP contribution in [0.5, 0.6) is 0 Å². The molecule has 74 valence electrons. The summed E-state index contributed by atoms with van der Waals surface area (Å²) < 4.78 is 0. The van der Waals surface area contributed by atoms with Crippen LogP contribution in [0.2, 0.25) is 0 Å². The molecule has 0 saturated heterocycles. The lowest BCUT2D eigenvalue weighted by Crippen LogP contribution is -2.32. The van der Waals surface area contributed by atoms with Gasteiger partial charge in [-0.3, -0.25) is 0 Å². The maximum atomic E-state index is 9.10. The van der Waals surface area contributed by atoms with Gasteiger partial charge in [0.25, 0.3) is 0 Å². The maximum absolute atomic E-state index is 9.10. The van der Waals surface area contributed by atoms with E-state index in [9.17, 15) is 0 Å². The standard InChI is InChI=1S/C11H15BO2/c1-2-3-4-7-10-8-5-6-9-11(10)12(13)14/h2,5-6,8-9,13-14H,1,3-4,7H2. The largest absolute Gasteiger partial charge is 0.488 e. The van der Waals surface area contributed by atoms with Crippen LogP contribution in [0, 0.1) is 0 Å². The first-order chi connectivity index (χ1) is 6.75. The number of aryl methyl sites for hydroxylation is 1. The predicted molar refractivity (Wildman–Crippen MR) is 59.4 cm³/mol. The molecule has 0 atom stereocenters. The quantitative estimate of drug-likeness (QED) is 0.411. The van der Waals surface area contributed by atoms with Crippen molar-refractivity contribution in [3.8, 4) is 0 Å². The Morgan fingerprint density at radius 2 is 2.00 bits per heavy atom. The molecule has 1 aromatic rings. The summed E-state index contributed by atoms with van der Waals surface area (Å²) in [6.07, 6.45) is 4.68. The van der Waals surface area contributed by atoms with Gasteiger partial charge in [0, 0.05) is 0 Å². The van der Waals surface area contributed by atoms with Crippen LogP contribution >= 0.6 is 0 Å². The van der Waals surface area contributed by atoms with Crippen LogP contribution in [0.4, 0.5) is 0 Å². The molecule has 0 radical (unpaired) electrons. The second-order valence-electron chi connectivity index (χ2n) is 3.25. The van der Waals surface area contributed by atoms with Gasteiger partial charge >= 0.3 is 7.12 Å². The third kappa shape index (κ3) is 3.02. The highest BCUT2D eigenvalue weighted by molar-refractivity contribution is 6.59. The molecular formula is C11H15BO2. The molecule has 0 saturated carbocycles. The van der Waals surface area contributed by atoms with Crippen LogP contribution in [0.3, 0.4) is 0 Å². The van der Waals surface area contributed by atoms with Crippen LogP contribution in [0.15, 0.2) is 36.9 Å². The molecule has 1 rings (SSSR count). The molecule has 2 nitrogen and oxygen atoms in total. The Morgan fingerprint density at radius 1 is 1.29 bits per heavy atom. The molecule has 0 aliphatic heterocycles. The fraction of sp³-hybridized carbons (Fsp3) is 0.273. The Kier molecular flexibility index (Phi) is 4.43. The van der Waals surface area contributed by atoms with Crippen molar-refractivity contribution < 1.29 is 10.0 Å². The number of rotatable bonds is 5. The topological polar surface area (TPSA) is 40.5 Å². The highest BCUT2D eigenvalue weighted by atomic mass is 16.4. The average Bonchev–Trinajstić information content (AvgIpc) is 2.19. The van der Waals surface area contributed by atoms with Crippen LogP contribution in [0.1, 0.15) is 18.4 Å². The van der Waals surface area contributed by atoms with E-state index in [0.29, 0.717) is 5.46 Å². The monoisotopic (exact) mass is 190 g/mol. The van der Waals surface area contributed by atoms with E-state index in [4.69, 9.17) is 10.0 Å². The minimum atomic E-state index is -1.37. The molecule has 0 bridgehead atoms. The van der Waals surface area contributed by atoms with Crippen molar-refractivity contribution in [3.63, 3.8) is 0 Å². The average molecular weight is 190 g/mol. The van der Waals surface area contributed by atoms with E-state index in [2.05, 4.69) is 6.58 Å². The smallest absolute Gasteiger partial charge is 0.423 e. The molecule has 2 N–H and O–H groups in total. The van der Waals surface area contributed by atoms with Crippen molar-refractivity contribution in [2.45, 2.75) is 19.3 Å². The van der Waals surface area contributed by atoms with Crippen molar-refractivity contribution in [1.82, 2.24) is 0 Å². The van der Waals surface area contributed by atoms with Gasteiger partial charge < -0.3 is 10.0 Å². The van der Waals surface area contributed by atoms with E-state index in [-0.39, 0.29) is 0 Å². The summed E-state index contributed by atoms with van der Waals surface area (Å²) >= 11 is 0. The number of benzene rings is 1. The summed E-state index contributed by atoms with van der Waals surface area (Å²) in [6, 6.07) is 7.40. The summed E-state index contributed by atoms with van der Waals surface area (Å²) in [4.78, 5) is 0. The maximum Gasteiger partial charge on any atom is 0.488 e. The van der Waals surface area contributed by atoms with E-state index in [0.717, 1.165) is 24.8 Å². The molecule has 0 unspecified atom stereocenters. The number of hydrogen-bond donors (Lipinski definition) is 2. The Balaban J connectivity index is 2.69. The Bertz CT molecular complexity index is 297. The minimum absolute atomic E-state index is 0.608. The van der Waals surface area contributed by atoms with Gasteiger partial charge in [-0.05, 0) is 30.3 Å². The molecule has 0 amide bonds. The first-order valence-electron chi connectivity index (χ1n) is 4.80. The molecule has 0 aliphatic carbocycles. The molecule has 0 spiro atoms. The van der Waals surface area contributed by atoms with Crippen LogP contribution in [0.25, 0.3) is 0 Å². The first-order valence-corrected chi connectivity index (χ1v) is 4.80. The van der Waals surface area contributed by atoms with Crippen molar-refractivity contribution in [3.05, 3.63) is 42.5 Å². The van der Waals surface area contributed by atoms with Gasteiger partial charge in [0.1, 0.15) is 0 Å². The highest BCUT2D eigenvalue weighted by Crippen LogP contribution is 2.03. The molecule has 3 heteroatoms. The first kappa shape index (κ1) is 11.0. The SMILES string of the molecule is C=CCCCc1ccccc1B(O)O. The minimum Gasteiger partial charge on any atom is -0.423 e.